The van der Waals surface area contributed by atoms with Crippen molar-refractivity contribution in [3.63, 3.8) is 0 Å². The minimum atomic E-state index is -3.23. The van der Waals surface area contributed by atoms with Crippen LogP contribution in [0, 0.1) is 0 Å². The van der Waals surface area contributed by atoms with E-state index in [2.05, 4.69) is 10.4 Å². The molecule has 2 N–H and O–H groups in total. The van der Waals surface area contributed by atoms with Crippen LogP contribution in [0.5, 0.6) is 0 Å². The second-order valence-electron chi connectivity index (χ2n) is 5.37. The van der Waals surface area contributed by atoms with E-state index in [1.165, 1.54) is 0 Å². The van der Waals surface area contributed by atoms with E-state index in [1.54, 1.807) is 35.0 Å². The number of carbonyl (C=O) groups is 1. The largest absolute Gasteiger partial charge is 0.465 e. The molecule has 0 spiro atoms. The van der Waals surface area contributed by atoms with Gasteiger partial charge < -0.3 is 5.11 Å². The zero-order valence-corrected chi connectivity index (χ0v) is 13.6. The summed E-state index contributed by atoms with van der Waals surface area (Å²) < 4.78 is 24.7. The Balaban J connectivity index is 1.97. The van der Waals surface area contributed by atoms with Gasteiger partial charge in [0.1, 0.15) is 0 Å². The Hall–Kier alpha value is -2.87. The van der Waals surface area contributed by atoms with Gasteiger partial charge in [0.15, 0.2) is 15.7 Å². The maximum Gasteiger partial charge on any atom is 0.410 e. The molecule has 0 aliphatic rings. The molecule has 124 valence electrons. The predicted molar refractivity (Wildman–Crippen MR) is 90.0 cm³/mol. The second kappa shape index (κ2) is 5.97. The summed E-state index contributed by atoms with van der Waals surface area (Å²) in [6.45, 7) is 0.395. The number of nitrogens with one attached hydrogen (secondary N) is 1. The molecule has 1 aromatic heterocycles. The summed E-state index contributed by atoms with van der Waals surface area (Å²) >= 11 is 0. The third-order valence-electron chi connectivity index (χ3n) is 3.57. The van der Waals surface area contributed by atoms with Crippen molar-refractivity contribution in [1.82, 2.24) is 9.78 Å². The highest BCUT2D eigenvalue weighted by atomic mass is 32.2. The number of aromatic nitrogens is 2. The Morgan fingerprint density at radius 3 is 2.46 bits per heavy atom. The van der Waals surface area contributed by atoms with Crippen molar-refractivity contribution < 1.29 is 18.3 Å². The maximum absolute atomic E-state index is 11.5. The van der Waals surface area contributed by atoms with E-state index in [0.717, 1.165) is 17.3 Å². The molecule has 0 bridgehead atoms. The van der Waals surface area contributed by atoms with Gasteiger partial charge in [-0.3, -0.25) is 10.00 Å². The molecule has 24 heavy (non-hydrogen) atoms. The van der Waals surface area contributed by atoms with Crippen LogP contribution in [0.2, 0.25) is 0 Å². The topological polar surface area (TPSA) is 101 Å². The molecule has 8 heteroatoms. The van der Waals surface area contributed by atoms with E-state index in [0.29, 0.717) is 11.9 Å². The van der Waals surface area contributed by atoms with Crippen LogP contribution in [0.4, 0.5) is 10.6 Å². The third kappa shape index (κ3) is 3.23. The number of fused-ring (bicyclic) bond motifs is 1. The van der Waals surface area contributed by atoms with Crippen molar-refractivity contribution in [3.05, 3.63) is 54.1 Å². The molecule has 0 atom stereocenters. The van der Waals surface area contributed by atoms with Gasteiger partial charge in [0, 0.05) is 11.6 Å². The van der Waals surface area contributed by atoms with E-state index >= 15 is 0 Å². The Morgan fingerprint density at radius 2 is 1.83 bits per heavy atom. The van der Waals surface area contributed by atoms with Crippen LogP contribution in [0.15, 0.2) is 53.4 Å². The fourth-order valence-electron chi connectivity index (χ4n) is 2.46. The Morgan fingerprint density at radius 1 is 1.17 bits per heavy atom. The van der Waals surface area contributed by atoms with Crippen LogP contribution >= 0.6 is 0 Å². The molecule has 2 aromatic carbocycles. The highest BCUT2D eigenvalue weighted by molar-refractivity contribution is 7.90. The minimum Gasteiger partial charge on any atom is -0.465 e. The van der Waals surface area contributed by atoms with Crippen molar-refractivity contribution in [1.29, 1.82) is 0 Å². The fraction of sp³-hybridized carbons (Fsp3) is 0.125. The van der Waals surface area contributed by atoms with Gasteiger partial charge in [0.25, 0.3) is 0 Å². The molecule has 0 unspecified atom stereocenters. The van der Waals surface area contributed by atoms with E-state index in [4.69, 9.17) is 5.11 Å². The fourth-order valence-corrected chi connectivity index (χ4v) is 3.09. The average molecular weight is 345 g/mol. The highest BCUT2D eigenvalue weighted by Gasteiger charge is 2.13. The molecular weight excluding hydrogens is 330 g/mol. The average Bonchev–Trinajstić information content (AvgIpc) is 2.84. The van der Waals surface area contributed by atoms with Gasteiger partial charge in [-0.1, -0.05) is 24.3 Å². The Labute approximate surface area is 138 Å². The van der Waals surface area contributed by atoms with Crippen LogP contribution < -0.4 is 5.32 Å². The molecule has 0 radical (unpaired) electrons. The molecule has 1 heterocycles. The number of carboxylic acid groups (broad SMARTS) is 1. The quantitative estimate of drug-likeness (QED) is 0.757. The summed E-state index contributed by atoms with van der Waals surface area (Å²) in [5, 5.41) is 16.2. The van der Waals surface area contributed by atoms with Crippen molar-refractivity contribution >= 4 is 32.7 Å². The summed E-state index contributed by atoms with van der Waals surface area (Å²) in [5.74, 6) is 0.269. The lowest BCUT2D eigenvalue weighted by Gasteiger charge is -2.05. The van der Waals surface area contributed by atoms with Gasteiger partial charge in [-0.15, -0.1) is 0 Å². The summed E-state index contributed by atoms with van der Waals surface area (Å²) in [4.78, 5) is 11.1. The van der Waals surface area contributed by atoms with Crippen LogP contribution in [0.3, 0.4) is 0 Å². The molecule has 0 saturated carbocycles. The lowest BCUT2D eigenvalue weighted by atomic mass is 10.2. The molecule has 0 saturated heterocycles. The van der Waals surface area contributed by atoms with Gasteiger partial charge in [-0.2, -0.15) is 5.10 Å². The van der Waals surface area contributed by atoms with Gasteiger partial charge in [-0.25, -0.2) is 13.2 Å². The van der Waals surface area contributed by atoms with Gasteiger partial charge in [-0.05, 0) is 29.8 Å². The molecule has 0 aliphatic heterocycles. The molecule has 3 aromatic rings. The number of hydrogen-bond acceptors (Lipinski definition) is 4. The molecular formula is C16H15N3O4S. The van der Waals surface area contributed by atoms with Crippen LogP contribution in [-0.2, 0) is 16.4 Å². The van der Waals surface area contributed by atoms with Gasteiger partial charge in [0.2, 0.25) is 0 Å². The Kier molecular flexibility index (Phi) is 3.98. The van der Waals surface area contributed by atoms with Crippen molar-refractivity contribution in [3.8, 4) is 0 Å². The second-order valence-corrected chi connectivity index (χ2v) is 7.39. The zero-order chi connectivity index (χ0) is 17.3. The van der Waals surface area contributed by atoms with E-state index in [9.17, 15) is 13.2 Å². The SMILES string of the molecule is CS(=O)(=O)c1ccc(Cn2nc(NC(=O)O)c3ccccc32)cc1. The van der Waals surface area contributed by atoms with Crippen LogP contribution in [0.25, 0.3) is 10.9 Å². The number of para-hydroxylation sites is 1. The summed E-state index contributed by atoms with van der Waals surface area (Å²) in [5.41, 5.74) is 1.64. The normalized spacial score (nSPS) is 11.5. The third-order valence-corrected chi connectivity index (χ3v) is 4.70. The number of nitrogens with zero attached hydrogens (tertiary/aromatic N) is 2. The smallest absolute Gasteiger partial charge is 0.410 e. The standard InChI is InChI=1S/C16H15N3O4S/c1-24(22,23)12-8-6-11(7-9-12)10-19-14-5-3-2-4-13(14)15(18-19)17-16(20)21/h2-9H,10H2,1H3,(H,17,18)(H,20,21). The van der Waals surface area contributed by atoms with Crippen LogP contribution in [-0.4, -0.2) is 35.7 Å². The number of sulfone groups is 1. The Bertz CT molecular complexity index is 1010. The zero-order valence-electron chi connectivity index (χ0n) is 12.8. The molecule has 0 aliphatic carbocycles. The van der Waals surface area contributed by atoms with Gasteiger partial charge in [0.05, 0.1) is 17.0 Å². The van der Waals surface area contributed by atoms with E-state index in [1.807, 2.05) is 18.2 Å². The molecule has 1 amide bonds. The lowest BCUT2D eigenvalue weighted by molar-refractivity contribution is 0.209. The minimum absolute atomic E-state index is 0.254. The van der Waals surface area contributed by atoms with Crippen LogP contribution in [0.1, 0.15) is 5.56 Å². The summed E-state index contributed by atoms with van der Waals surface area (Å²) in [7, 11) is -3.23. The first kappa shape index (κ1) is 16.0. The van der Waals surface area contributed by atoms with Crippen molar-refractivity contribution in [2.75, 3.05) is 11.6 Å². The lowest BCUT2D eigenvalue weighted by Crippen LogP contribution is -2.09. The number of rotatable bonds is 4. The van der Waals surface area contributed by atoms with E-state index < -0.39 is 15.9 Å². The number of hydrogen-bond donors (Lipinski definition) is 2. The molecule has 3 rings (SSSR count). The first-order valence-corrected chi connectivity index (χ1v) is 8.98. The monoisotopic (exact) mass is 345 g/mol. The first-order valence-electron chi connectivity index (χ1n) is 7.09. The number of anilines is 1. The van der Waals surface area contributed by atoms with Crippen molar-refractivity contribution in [2.45, 2.75) is 11.4 Å². The first-order chi connectivity index (χ1) is 11.3. The predicted octanol–water partition coefficient (Wildman–Crippen LogP) is 2.58. The summed E-state index contributed by atoms with van der Waals surface area (Å²) in [6.07, 6.45) is -0.0183. The highest BCUT2D eigenvalue weighted by Crippen LogP contribution is 2.23. The van der Waals surface area contributed by atoms with Gasteiger partial charge >= 0.3 is 6.09 Å². The maximum atomic E-state index is 11.5. The molecule has 0 fully saturated rings. The number of benzene rings is 2. The van der Waals surface area contributed by atoms with Crippen molar-refractivity contribution in [2.24, 2.45) is 0 Å². The number of amides is 1. The van der Waals surface area contributed by atoms with E-state index in [-0.39, 0.29) is 10.7 Å². The summed E-state index contributed by atoms with van der Waals surface area (Å²) in [6, 6.07) is 13.8. The molecule has 7 nitrogen and oxygen atoms in total.